The van der Waals surface area contributed by atoms with Crippen LogP contribution in [0.15, 0.2) is 48.7 Å². The van der Waals surface area contributed by atoms with Gasteiger partial charge in [0.25, 0.3) is 0 Å². The van der Waals surface area contributed by atoms with E-state index < -0.39 is 11.9 Å². The first-order valence-electron chi connectivity index (χ1n) is 10.0. The molecule has 2 aromatic carbocycles. The van der Waals surface area contributed by atoms with Gasteiger partial charge in [0.05, 0.1) is 29.9 Å². The fraction of sp³-hybridized carbons (Fsp3) is 0.304. The van der Waals surface area contributed by atoms with Crippen LogP contribution in [0, 0.1) is 0 Å². The molecule has 1 aromatic heterocycles. The predicted molar refractivity (Wildman–Crippen MR) is 118 cm³/mol. The fourth-order valence-electron chi connectivity index (χ4n) is 3.83. The lowest BCUT2D eigenvalue weighted by Gasteiger charge is -2.28. The zero-order valence-electron chi connectivity index (χ0n) is 18.1. The number of benzene rings is 2. The summed E-state index contributed by atoms with van der Waals surface area (Å²) in [6.45, 7) is 4.19. The molecule has 1 aliphatic heterocycles. The Morgan fingerprint density at radius 2 is 1.79 bits per heavy atom. The van der Waals surface area contributed by atoms with Crippen molar-refractivity contribution in [3.8, 4) is 11.5 Å². The molecule has 0 atom stereocenters. The minimum atomic E-state index is -4.78. The summed E-state index contributed by atoms with van der Waals surface area (Å²) in [4.78, 5) is 21.0. The molecule has 3 aromatic rings. The number of anilines is 1. The highest BCUT2D eigenvalue weighted by molar-refractivity contribution is 6.32. The van der Waals surface area contributed by atoms with Crippen molar-refractivity contribution >= 4 is 34.1 Å². The number of aromatic nitrogens is 1. The number of fused-ring (bicyclic) bond motifs is 1. The van der Waals surface area contributed by atoms with Crippen LogP contribution in [0.5, 0.6) is 11.5 Å². The van der Waals surface area contributed by atoms with E-state index in [1.54, 1.807) is 27.2 Å². The van der Waals surface area contributed by atoms with Crippen molar-refractivity contribution in [3.05, 3.63) is 59.2 Å². The number of halogens is 4. The van der Waals surface area contributed by atoms with Crippen molar-refractivity contribution in [2.45, 2.75) is 32.3 Å². The van der Waals surface area contributed by atoms with E-state index in [1.807, 2.05) is 23.1 Å². The first-order chi connectivity index (χ1) is 15.5. The van der Waals surface area contributed by atoms with Crippen LogP contribution < -0.4 is 14.4 Å². The number of pyridine rings is 1. The third-order valence-corrected chi connectivity index (χ3v) is 6.06. The van der Waals surface area contributed by atoms with Gasteiger partial charge in [0.1, 0.15) is 11.5 Å². The smallest absolute Gasteiger partial charge is 0.497 e. The van der Waals surface area contributed by atoms with Crippen molar-refractivity contribution in [2.75, 3.05) is 18.7 Å². The van der Waals surface area contributed by atoms with E-state index in [2.05, 4.69) is 9.72 Å². The van der Waals surface area contributed by atoms with Crippen molar-refractivity contribution in [1.82, 2.24) is 9.88 Å². The highest BCUT2D eigenvalue weighted by Crippen LogP contribution is 2.36. The van der Waals surface area contributed by atoms with Gasteiger partial charge in [0.2, 0.25) is 5.91 Å². The van der Waals surface area contributed by atoms with Gasteiger partial charge in [-0.2, -0.15) is 0 Å². The second-order valence-electron chi connectivity index (χ2n) is 8.14. The summed E-state index contributed by atoms with van der Waals surface area (Å²) in [6.07, 6.45) is -3.20. The molecule has 2 heterocycles. The second kappa shape index (κ2) is 8.39. The Morgan fingerprint density at radius 3 is 2.42 bits per heavy atom. The predicted octanol–water partition coefficient (Wildman–Crippen LogP) is 5.38. The molecule has 0 aliphatic carbocycles. The molecule has 4 rings (SSSR count). The first kappa shape index (κ1) is 23.1. The van der Waals surface area contributed by atoms with Gasteiger partial charge < -0.3 is 9.47 Å². The van der Waals surface area contributed by atoms with Crippen LogP contribution in [0.1, 0.15) is 19.4 Å². The number of amides is 1. The molecule has 0 radical (unpaired) electrons. The topological polar surface area (TPSA) is 54.9 Å². The van der Waals surface area contributed by atoms with Gasteiger partial charge in [-0.05, 0) is 61.9 Å². The molecule has 10 heteroatoms. The number of carbonyl (C=O) groups is 1. The standard InChI is InChI=1S/C23H21ClF3N3O3/c1-22(2)21(31)30(14-4-6-15(7-5-14)33-23(25,26)27)13-29(22)12-18-17-10-16(32-3)8-9-20(17)28-11-19(18)24/h4-11H,12-13H2,1-3H3. The average Bonchev–Trinajstić information content (AvgIpc) is 2.98. The summed E-state index contributed by atoms with van der Waals surface area (Å²) in [7, 11) is 1.57. The lowest BCUT2D eigenvalue weighted by molar-refractivity contribution is -0.274. The summed E-state index contributed by atoms with van der Waals surface area (Å²) in [5.41, 5.74) is 1.14. The molecular weight excluding hydrogens is 459 g/mol. The van der Waals surface area contributed by atoms with Crippen LogP contribution in [-0.4, -0.2) is 41.5 Å². The first-order valence-corrected chi connectivity index (χ1v) is 10.4. The number of methoxy groups -OCH3 is 1. The van der Waals surface area contributed by atoms with E-state index in [0.717, 1.165) is 16.5 Å². The maximum atomic E-state index is 13.2. The number of alkyl halides is 3. The number of carbonyl (C=O) groups excluding carboxylic acids is 1. The third-order valence-electron chi connectivity index (χ3n) is 5.74. The minimum Gasteiger partial charge on any atom is -0.497 e. The highest BCUT2D eigenvalue weighted by Gasteiger charge is 2.46. The van der Waals surface area contributed by atoms with E-state index >= 15 is 0 Å². The van der Waals surface area contributed by atoms with Crippen molar-refractivity contribution in [3.63, 3.8) is 0 Å². The Bertz CT molecular complexity index is 1200. The van der Waals surface area contributed by atoms with Crippen molar-refractivity contribution < 1.29 is 27.4 Å². The van der Waals surface area contributed by atoms with Gasteiger partial charge in [0.15, 0.2) is 0 Å². The van der Waals surface area contributed by atoms with Gasteiger partial charge in [0, 0.05) is 23.8 Å². The van der Waals surface area contributed by atoms with Crippen LogP contribution in [0.3, 0.4) is 0 Å². The molecule has 6 nitrogen and oxygen atoms in total. The molecule has 0 spiro atoms. The fourth-order valence-corrected chi connectivity index (χ4v) is 4.04. The van der Waals surface area contributed by atoms with E-state index in [1.165, 1.54) is 29.2 Å². The van der Waals surface area contributed by atoms with Crippen LogP contribution in [0.2, 0.25) is 5.02 Å². The Labute approximate surface area is 193 Å². The number of hydrogen-bond donors (Lipinski definition) is 0. The number of nitrogens with zero attached hydrogens (tertiary/aromatic N) is 3. The van der Waals surface area contributed by atoms with E-state index in [-0.39, 0.29) is 18.3 Å². The average molecular weight is 480 g/mol. The number of rotatable bonds is 5. The van der Waals surface area contributed by atoms with Gasteiger partial charge in [-0.15, -0.1) is 13.2 Å². The van der Waals surface area contributed by atoms with Crippen LogP contribution in [0.4, 0.5) is 18.9 Å². The normalized spacial score (nSPS) is 16.5. The molecule has 174 valence electrons. The summed E-state index contributed by atoms with van der Waals surface area (Å²) < 4.78 is 46.6. The lowest BCUT2D eigenvalue weighted by Crippen LogP contribution is -2.43. The van der Waals surface area contributed by atoms with Crippen molar-refractivity contribution in [2.24, 2.45) is 0 Å². The molecular formula is C23H21ClF3N3O3. The van der Waals surface area contributed by atoms with E-state index in [4.69, 9.17) is 16.3 Å². The van der Waals surface area contributed by atoms with Crippen LogP contribution >= 0.6 is 11.6 Å². The largest absolute Gasteiger partial charge is 0.573 e. The van der Waals surface area contributed by atoms with Crippen LogP contribution in [0.25, 0.3) is 10.9 Å². The Balaban J connectivity index is 1.63. The molecule has 33 heavy (non-hydrogen) atoms. The Hall–Kier alpha value is -3.04. The summed E-state index contributed by atoms with van der Waals surface area (Å²) in [6, 6.07) is 10.7. The summed E-state index contributed by atoms with van der Waals surface area (Å²) >= 11 is 6.50. The van der Waals surface area contributed by atoms with Gasteiger partial charge in [-0.25, -0.2) is 0 Å². The van der Waals surface area contributed by atoms with Crippen LogP contribution in [-0.2, 0) is 11.3 Å². The molecule has 0 N–H and O–H groups in total. The molecule has 1 amide bonds. The maximum absolute atomic E-state index is 13.2. The zero-order valence-corrected chi connectivity index (χ0v) is 18.9. The molecule has 1 fully saturated rings. The minimum absolute atomic E-state index is 0.181. The molecule has 0 unspecified atom stereocenters. The SMILES string of the molecule is COc1ccc2ncc(Cl)c(CN3CN(c4ccc(OC(F)(F)F)cc4)C(=O)C3(C)C)c2c1. The van der Waals surface area contributed by atoms with Crippen molar-refractivity contribution in [1.29, 1.82) is 0 Å². The number of hydrogen-bond acceptors (Lipinski definition) is 5. The monoisotopic (exact) mass is 479 g/mol. The van der Waals surface area contributed by atoms with Gasteiger partial charge in [-0.1, -0.05) is 11.6 Å². The van der Waals surface area contributed by atoms with Gasteiger partial charge >= 0.3 is 6.36 Å². The number of ether oxygens (including phenoxy) is 2. The summed E-state index contributed by atoms with van der Waals surface area (Å²) in [5.74, 6) is 0.129. The lowest BCUT2D eigenvalue weighted by atomic mass is 10.0. The molecule has 0 saturated carbocycles. The molecule has 0 bridgehead atoms. The Morgan fingerprint density at radius 1 is 1.12 bits per heavy atom. The highest BCUT2D eigenvalue weighted by atomic mass is 35.5. The Kier molecular flexibility index (Phi) is 5.88. The zero-order chi connectivity index (χ0) is 24.0. The quantitative estimate of drug-likeness (QED) is 0.492. The summed E-state index contributed by atoms with van der Waals surface area (Å²) in [5, 5.41) is 1.28. The maximum Gasteiger partial charge on any atom is 0.573 e. The molecule has 1 saturated heterocycles. The van der Waals surface area contributed by atoms with Gasteiger partial charge in [-0.3, -0.25) is 19.6 Å². The third kappa shape index (κ3) is 4.56. The second-order valence-corrected chi connectivity index (χ2v) is 8.55. The van der Waals surface area contributed by atoms with E-state index in [9.17, 15) is 18.0 Å². The van der Waals surface area contributed by atoms with E-state index in [0.29, 0.717) is 23.0 Å². The molecule has 1 aliphatic rings.